The molecule has 0 aliphatic heterocycles. The van der Waals surface area contributed by atoms with Crippen molar-refractivity contribution < 1.29 is 4.74 Å². The smallest absolute Gasteiger partial charge is 0.0724 e. The first-order valence-corrected chi connectivity index (χ1v) is 7.64. The minimum Gasteiger partial charge on any atom is -0.380 e. The highest BCUT2D eigenvalue weighted by atomic mass is 16.5. The van der Waals surface area contributed by atoms with Crippen LogP contribution in [0.4, 0.5) is 0 Å². The molecule has 0 aromatic heterocycles. The fourth-order valence-electron chi connectivity index (χ4n) is 2.94. The van der Waals surface area contributed by atoms with Gasteiger partial charge in [-0.3, -0.25) is 0 Å². The van der Waals surface area contributed by atoms with Crippen LogP contribution in [0.2, 0.25) is 0 Å². The topological polar surface area (TPSA) is 21.3 Å². The molecule has 1 N–H and O–H groups in total. The van der Waals surface area contributed by atoms with Gasteiger partial charge in [-0.15, -0.1) is 0 Å². The Morgan fingerprint density at radius 2 is 1.41 bits per heavy atom. The second kappa shape index (κ2) is 9.90. The first kappa shape index (κ1) is 15.0. The van der Waals surface area contributed by atoms with Crippen molar-refractivity contribution in [2.45, 2.75) is 83.3 Å². The van der Waals surface area contributed by atoms with Gasteiger partial charge < -0.3 is 10.1 Å². The van der Waals surface area contributed by atoms with E-state index in [-0.39, 0.29) is 0 Å². The van der Waals surface area contributed by atoms with Gasteiger partial charge in [0.15, 0.2) is 0 Å². The zero-order chi connectivity index (χ0) is 12.3. The maximum absolute atomic E-state index is 5.70. The molecule has 1 aliphatic rings. The van der Waals surface area contributed by atoms with E-state index in [1.807, 2.05) is 7.11 Å². The second-order valence-electron chi connectivity index (χ2n) is 5.34. The van der Waals surface area contributed by atoms with Crippen LogP contribution < -0.4 is 5.32 Å². The molecule has 1 saturated carbocycles. The molecular weight excluding hydrogens is 210 g/mol. The molecule has 0 aromatic carbocycles. The van der Waals surface area contributed by atoms with E-state index in [0.29, 0.717) is 12.1 Å². The maximum atomic E-state index is 5.70. The van der Waals surface area contributed by atoms with Crippen molar-refractivity contribution in [2.75, 3.05) is 13.7 Å². The van der Waals surface area contributed by atoms with E-state index in [0.717, 1.165) is 6.54 Å². The zero-order valence-corrected chi connectivity index (χ0v) is 11.8. The molecule has 1 fully saturated rings. The van der Waals surface area contributed by atoms with Crippen molar-refractivity contribution in [1.82, 2.24) is 5.32 Å². The normalized spacial score (nSPS) is 29.3. The Morgan fingerprint density at radius 1 is 0.882 bits per heavy atom. The van der Waals surface area contributed by atoms with Crippen LogP contribution in [-0.4, -0.2) is 25.8 Å². The van der Waals surface area contributed by atoms with Gasteiger partial charge in [-0.2, -0.15) is 0 Å². The summed E-state index contributed by atoms with van der Waals surface area (Å²) in [4.78, 5) is 0. The Balaban J connectivity index is 2.42. The van der Waals surface area contributed by atoms with E-state index in [2.05, 4.69) is 12.2 Å². The maximum Gasteiger partial charge on any atom is 0.0724 e. The Kier molecular flexibility index (Phi) is 8.72. The minimum absolute atomic E-state index is 0.425. The molecule has 2 nitrogen and oxygen atoms in total. The zero-order valence-electron chi connectivity index (χ0n) is 11.8. The summed E-state index contributed by atoms with van der Waals surface area (Å²) in [5.41, 5.74) is 0. The van der Waals surface area contributed by atoms with Crippen molar-refractivity contribution in [1.29, 1.82) is 0 Å². The van der Waals surface area contributed by atoms with E-state index in [4.69, 9.17) is 4.74 Å². The van der Waals surface area contributed by atoms with Crippen LogP contribution in [0.3, 0.4) is 0 Å². The summed E-state index contributed by atoms with van der Waals surface area (Å²) >= 11 is 0. The van der Waals surface area contributed by atoms with Crippen LogP contribution in [0.1, 0.15) is 71.1 Å². The van der Waals surface area contributed by atoms with Gasteiger partial charge in [-0.25, -0.2) is 0 Å². The van der Waals surface area contributed by atoms with Gasteiger partial charge in [0, 0.05) is 13.2 Å². The van der Waals surface area contributed by atoms with Gasteiger partial charge in [-0.05, 0) is 19.4 Å². The monoisotopic (exact) mass is 241 g/mol. The van der Waals surface area contributed by atoms with Crippen molar-refractivity contribution >= 4 is 0 Å². The van der Waals surface area contributed by atoms with Gasteiger partial charge in [0.05, 0.1) is 6.10 Å². The Morgan fingerprint density at radius 3 is 1.94 bits per heavy atom. The lowest BCUT2D eigenvalue weighted by Crippen LogP contribution is -2.41. The number of hydrogen-bond donors (Lipinski definition) is 1. The molecular formula is C15H31NO. The third kappa shape index (κ3) is 6.42. The highest BCUT2D eigenvalue weighted by Gasteiger charge is 2.19. The number of methoxy groups -OCH3 is 1. The molecule has 0 amide bonds. The number of nitrogens with one attached hydrogen (secondary N) is 1. The van der Waals surface area contributed by atoms with E-state index in [1.54, 1.807) is 0 Å². The van der Waals surface area contributed by atoms with Crippen LogP contribution in [0.25, 0.3) is 0 Å². The lowest BCUT2D eigenvalue weighted by atomic mass is 9.95. The molecule has 17 heavy (non-hydrogen) atoms. The Bertz CT molecular complexity index is 172. The SMILES string of the molecule is CCNC1CCCCCCCCCCC1OC. The molecule has 2 heteroatoms. The summed E-state index contributed by atoms with van der Waals surface area (Å²) in [5.74, 6) is 0. The van der Waals surface area contributed by atoms with Gasteiger partial charge in [0.2, 0.25) is 0 Å². The summed E-state index contributed by atoms with van der Waals surface area (Å²) in [6, 6.07) is 0.574. The van der Waals surface area contributed by atoms with Gasteiger partial charge >= 0.3 is 0 Å². The molecule has 0 saturated heterocycles. The van der Waals surface area contributed by atoms with Crippen LogP contribution in [-0.2, 0) is 4.74 Å². The summed E-state index contributed by atoms with van der Waals surface area (Å²) in [5, 5.41) is 3.61. The fourth-order valence-corrected chi connectivity index (χ4v) is 2.94. The van der Waals surface area contributed by atoms with Crippen LogP contribution >= 0.6 is 0 Å². The minimum atomic E-state index is 0.425. The standard InChI is InChI=1S/C15H31NO/c1-3-16-14-12-10-8-6-4-5-7-9-11-13-15(14)17-2/h14-16H,3-13H2,1-2H3. The number of rotatable bonds is 3. The molecule has 2 atom stereocenters. The average Bonchev–Trinajstić information content (AvgIpc) is 2.33. The summed E-state index contributed by atoms with van der Waals surface area (Å²) < 4.78 is 5.70. The van der Waals surface area contributed by atoms with Gasteiger partial charge in [0.25, 0.3) is 0 Å². The molecule has 1 aliphatic carbocycles. The number of likely N-dealkylation sites (N-methyl/N-ethyl adjacent to an activating group) is 1. The lowest BCUT2D eigenvalue weighted by Gasteiger charge is -2.27. The molecule has 2 unspecified atom stereocenters. The van der Waals surface area contributed by atoms with Gasteiger partial charge in [-0.1, -0.05) is 58.3 Å². The highest BCUT2D eigenvalue weighted by Crippen LogP contribution is 2.18. The lowest BCUT2D eigenvalue weighted by molar-refractivity contribution is 0.0559. The van der Waals surface area contributed by atoms with E-state index >= 15 is 0 Å². The third-order valence-electron chi connectivity index (χ3n) is 3.97. The number of ether oxygens (including phenoxy) is 1. The predicted molar refractivity (Wildman–Crippen MR) is 74.4 cm³/mol. The summed E-state index contributed by atoms with van der Waals surface area (Å²) in [6.07, 6.45) is 14.1. The van der Waals surface area contributed by atoms with E-state index in [1.165, 1.54) is 64.2 Å². The number of hydrogen-bond acceptors (Lipinski definition) is 2. The first-order chi connectivity index (χ1) is 8.38. The Labute approximate surface area is 108 Å². The molecule has 0 aromatic rings. The second-order valence-corrected chi connectivity index (χ2v) is 5.34. The summed E-state index contributed by atoms with van der Waals surface area (Å²) in [6.45, 7) is 3.26. The molecule has 0 radical (unpaired) electrons. The van der Waals surface area contributed by atoms with Gasteiger partial charge in [0.1, 0.15) is 0 Å². The van der Waals surface area contributed by atoms with Crippen molar-refractivity contribution in [3.05, 3.63) is 0 Å². The van der Waals surface area contributed by atoms with Crippen LogP contribution in [0, 0.1) is 0 Å². The average molecular weight is 241 g/mol. The summed E-state index contributed by atoms with van der Waals surface area (Å²) in [7, 11) is 1.88. The van der Waals surface area contributed by atoms with E-state index in [9.17, 15) is 0 Å². The van der Waals surface area contributed by atoms with Crippen molar-refractivity contribution in [2.24, 2.45) is 0 Å². The molecule has 0 spiro atoms. The molecule has 0 bridgehead atoms. The first-order valence-electron chi connectivity index (χ1n) is 7.64. The quantitative estimate of drug-likeness (QED) is 0.809. The van der Waals surface area contributed by atoms with Crippen molar-refractivity contribution in [3.8, 4) is 0 Å². The van der Waals surface area contributed by atoms with E-state index < -0.39 is 0 Å². The van der Waals surface area contributed by atoms with Crippen LogP contribution in [0.5, 0.6) is 0 Å². The largest absolute Gasteiger partial charge is 0.380 e. The molecule has 0 heterocycles. The fraction of sp³-hybridized carbons (Fsp3) is 1.00. The Hall–Kier alpha value is -0.0800. The molecule has 102 valence electrons. The predicted octanol–water partition coefficient (Wildman–Crippen LogP) is 3.89. The van der Waals surface area contributed by atoms with Crippen LogP contribution in [0.15, 0.2) is 0 Å². The van der Waals surface area contributed by atoms with Crippen molar-refractivity contribution in [3.63, 3.8) is 0 Å². The molecule has 1 rings (SSSR count). The highest BCUT2D eigenvalue weighted by molar-refractivity contribution is 4.77. The third-order valence-corrected chi connectivity index (χ3v) is 3.97.